The van der Waals surface area contributed by atoms with Crippen molar-refractivity contribution in [3.63, 3.8) is 0 Å². The van der Waals surface area contributed by atoms with Crippen LogP contribution >= 0.6 is 0 Å². The van der Waals surface area contributed by atoms with Crippen molar-refractivity contribution in [2.45, 2.75) is 12.5 Å². The third kappa shape index (κ3) is 6.14. The highest BCUT2D eigenvalue weighted by atomic mass is 19.1. The van der Waals surface area contributed by atoms with E-state index in [1.807, 2.05) is 20.2 Å². The molecule has 0 spiro atoms. The minimum Gasteiger partial charge on any atom is -0.378 e. The number of nitrogens with zero attached hydrogens (tertiary/aromatic N) is 3. The molecule has 4 rings (SSSR count). The van der Waals surface area contributed by atoms with E-state index < -0.39 is 0 Å². The second kappa shape index (κ2) is 11.2. The van der Waals surface area contributed by atoms with Crippen molar-refractivity contribution in [2.75, 3.05) is 56.6 Å². The molecular weight excluding hydrogens is 427 g/mol. The highest BCUT2D eigenvalue weighted by molar-refractivity contribution is 5.78. The van der Waals surface area contributed by atoms with Gasteiger partial charge in [-0.3, -0.25) is 9.69 Å². The SMILES string of the molecule is CN(C)c1ccc([C@@H](CNC(=O)Cc2ccc(F)cc2)N2CCN(c3ccccc3)CC2)cc1. The zero-order valence-corrected chi connectivity index (χ0v) is 20.0. The molecule has 0 unspecified atom stereocenters. The zero-order valence-electron chi connectivity index (χ0n) is 20.0. The Morgan fingerprint density at radius 1 is 0.912 bits per heavy atom. The van der Waals surface area contributed by atoms with E-state index in [0.717, 1.165) is 37.4 Å². The van der Waals surface area contributed by atoms with E-state index in [9.17, 15) is 9.18 Å². The lowest BCUT2D eigenvalue weighted by atomic mass is 10.0. The standard InChI is InChI=1S/C28H33FN4O/c1-31(2)25-14-10-23(11-15-25)27(21-30-28(34)20-22-8-12-24(29)13-9-22)33-18-16-32(17-19-33)26-6-4-3-5-7-26/h3-15,27H,16-21H2,1-2H3,(H,30,34)/t27-/m1/s1. The molecule has 0 radical (unpaired) electrons. The van der Waals surface area contributed by atoms with Gasteiger partial charge in [-0.1, -0.05) is 42.5 Å². The van der Waals surface area contributed by atoms with Gasteiger partial charge in [0.25, 0.3) is 0 Å². The van der Waals surface area contributed by atoms with E-state index in [4.69, 9.17) is 0 Å². The molecule has 1 saturated heterocycles. The fourth-order valence-electron chi connectivity index (χ4n) is 4.44. The van der Waals surface area contributed by atoms with E-state index in [1.54, 1.807) is 12.1 Å². The molecule has 0 aliphatic carbocycles. The molecule has 3 aromatic carbocycles. The largest absolute Gasteiger partial charge is 0.378 e. The van der Waals surface area contributed by atoms with Crippen molar-refractivity contribution < 1.29 is 9.18 Å². The van der Waals surface area contributed by atoms with E-state index in [2.05, 4.69) is 68.5 Å². The minimum atomic E-state index is -0.292. The summed E-state index contributed by atoms with van der Waals surface area (Å²) in [6.07, 6.45) is 0.244. The molecule has 34 heavy (non-hydrogen) atoms. The van der Waals surface area contributed by atoms with Crippen molar-refractivity contribution >= 4 is 17.3 Å². The molecule has 3 aromatic rings. The van der Waals surface area contributed by atoms with Crippen LogP contribution in [0.25, 0.3) is 0 Å². The van der Waals surface area contributed by atoms with Crippen LogP contribution in [0.4, 0.5) is 15.8 Å². The van der Waals surface area contributed by atoms with Crippen molar-refractivity contribution in [3.05, 3.63) is 95.8 Å². The molecule has 178 valence electrons. The lowest BCUT2D eigenvalue weighted by molar-refractivity contribution is -0.120. The summed E-state index contributed by atoms with van der Waals surface area (Å²) in [5, 5.41) is 3.12. The first kappa shape index (κ1) is 23.8. The Morgan fingerprint density at radius 2 is 1.56 bits per heavy atom. The number of hydrogen-bond acceptors (Lipinski definition) is 4. The fourth-order valence-corrected chi connectivity index (χ4v) is 4.44. The number of carbonyl (C=O) groups is 1. The summed E-state index contributed by atoms with van der Waals surface area (Å²) < 4.78 is 13.2. The molecule has 1 amide bonds. The number of carbonyl (C=O) groups excluding carboxylic acids is 1. The Labute approximate surface area is 201 Å². The summed E-state index contributed by atoms with van der Waals surface area (Å²) in [7, 11) is 4.07. The Hall–Kier alpha value is -3.38. The minimum absolute atomic E-state index is 0.0514. The Morgan fingerprint density at radius 3 is 2.18 bits per heavy atom. The summed E-state index contributed by atoms with van der Waals surface area (Å²) >= 11 is 0. The molecule has 6 heteroatoms. The molecular formula is C28H33FN4O. The van der Waals surface area contributed by atoms with Gasteiger partial charge in [-0.15, -0.1) is 0 Å². The maximum absolute atomic E-state index is 13.2. The van der Waals surface area contributed by atoms with Gasteiger partial charge in [-0.25, -0.2) is 4.39 Å². The van der Waals surface area contributed by atoms with Gasteiger partial charge in [0.1, 0.15) is 5.82 Å². The Kier molecular flexibility index (Phi) is 7.80. The van der Waals surface area contributed by atoms with E-state index >= 15 is 0 Å². The van der Waals surface area contributed by atoms with Crippen molar-refractivity contribution in [1.82, 2.24) is 10.2 Å². The first-order valence-electron chi connectivity index (χ1n) is 11.8. The van der Waals surface area contributed by atoms with Gasteiger partial charge in [-0.05, 0) is 47.5 Å². The Balaban J connectivity index is 1.43. The number of piperazine rings is 1. The summed E-state index contributed by atoms with van der Waals surface area (Å²) in [4.78, 5) is 19.6. The number of benzene rings is 3. The molecule has 1 N–H and O–H groups in total. The summed E-state index contributed by atoms with van der Waals surface area (Å²) in [5.41, 5.74) is 4.40. The molecule has 1 aliphatic rings. The van der Waals surface area contributed by atoms with Gasteiger partial charge < -0.3 is 15.1 Å². The predicted octanol–water partition coefficient (Wildman–Crippen LogP) is 4.11. The van der Waals surface area contributed by atoms with Crippen LogP contribution in [0.5, 0.6) is 0 Å². The summed E-state index contributed by atoms with van der Waals surface area (Å²) in [6, 6.07) is 25.3. The smallest absolute Gasteiger partial charge is 0.224 e. The van der Waals surface area contributed by atoms with Crippen LogP contribution in [0.15, 0.2) is 78.9 Å². The number of nitrogens with one attached hydrogen (secondary N) is 1. The van der Waals surface area contributed by atoms with Gasteiger partial charge in [-0.2, -0.15) is 0 Å². The maximum Gasteiger partial charge on any atom is 0.224 e. The molecule has 0 aromatic heterocycles. The van der Waals surface area contributed by atoms with Crippen LogP contribution in [-0.2, 0) is 11.2 Å². The topological polar surface area (TPSA) is 38.8 Å². The molecule has 1 aliphatic heterocycles. The van der Waals surface area contributed by atoms with Crippen LogP contribution in [-0.4, -0.2) is 57.6 Å². The maximum atomic E-state index is 13.2. The van der Waals surface area contributed by atoms with Gasteiger partial charge in [0.2, 0.25) is 5.91 Å². The number of rotatable bonds is 8. The third-order valence-corrected chi connectivity index (χ3v) is 6.44. The van der Waals surface area contributed by atoms with E-state index in [0.29, 0.717) is 6.54 Å². The van der Waals surface area contributed by atoms with Crippen LogP contribution in [0.3, 0.4) is 0 Å². The molecule has 1 fully saturated rings. The number of anilines is 2. The normalized spacial score (nSPS) is 15.1. The lowest BCUT2D eigenvalue weighted by Crippen LogP contribution is -2.50. The fraction of sp³-hybridized carbons (Fsp3) is 0.321. The molecule has 1 heterocycles. The number of halogens is 1. The summed E-state index contributed by atoms with van der Waals surface area (Å²) in [5.74, 6) is -0.343. The number of amides is 1. The van der Waals surface area contributed by atoms with Gasteiger partial charge in [0.05, 0.1) is 12.5 Å². The van der Waals surface area contributed by atoms with E-state index in [-0.39, 0.29) is 24.2 Å². The quantitative estimate of drug-likeness (QED) is 0.549. The van der Waals surface area contributed by atoms with Crippen LogP contribution in [0.1, 0.15) is 17.2 Å². The molecule has 1 atom stereocenters. The average molecular weight is 461 g/mol. The average Bonchev–Trinajstić information content (AvgIpc) is 2.87. The van der Waals surface area contributed by atoms with Crippen molar-refractivity contribution in [3.8, 4) is 0 Å². The predicted molar refractivity (Wildman–Crippen MR) is 137 cm³/mol. The van der Waals surface area contributed by atoms with Gasteiger partial charge in [0, 0.05) is 58.2 Å². The number of para-hydroxylation sites is 1. The molecule has 5 nitrogen and oxygen atoms in total. The second-order valence-corrected chi connectivity index (χ2v) is 8.97. The highest BCUT2D eigenvalue weighted by Crippen LogP contribution is 2.25. The third-order valence-electron chi connectivity index (χ3n) is 6.44. The molecule has 0 saturated carbocycles. The number of hydrogen-bond donors (Lipinski definition) is 1. The van der Waals surface area contributed by atoms with Crippen molar-refractivity contribution in [2.24, 2.45) is 0 Å². The van der Waals surface area contributed by atoms with Crippen molar-refractivity contribution in [1.29, 1.82) is 0 Å². The highest BCUT2D eigenvalue weighted by Gasteiger charge is 2.26. The Bertz CT molecular complexity index is 1050. The van der Waals surface area contributed by atoms with E-state index in [1.165, 1.54) is 23.4 Å². The first-order valence-corrected chi connectivity index (χ1v) is 11.8. The lowest BCUT2D eigenvalue weighted by Gasteiger charge is -2.40. The van der Waals surface area contributed by atoms with Gasteiger partial charge in [0.15, 0.2) is 0 Å². The molecule has 0 bridgehead atoms. The monoisotopic (exact) mass is 460 g/mol. The first-order chi connectivity index (χ1) is 16.5. The zero-order chi connectivity index (χ0) is 23.9. The summed E-state index contributed by atoms with van der Waals surface area (Å²) in [6.45, 7) is 4.26. The van der Waals surface area contributed by atoms with Gasteiger partial charge >= 0.3 is 0 Å². The van der Waals surface area contributed by atoms with Crippen LogP contribution < -0.4 is 15.1 Å². The van der Waals surface area contributed by atoms with Crippen LogP contribution in [0.2, 0.25) is 0 Å². The second-order valence-electron chi connectivity index (χ2n) is 8.97. The van der Waals surface area contributed by atoms with Crippen LogP contribution in [0, 0.1) is 5.82 Å².